The second-order valence-electron chi connectivity index (χ2n) is 5.77. The zero-order valence-corrected chi connectivity index (χ0v) is 14.8. The van der Waals surface area contributed by atoms with Crippen LogP contribution in [0.1, 0.15) is 51.6 Å². The van der Waals surface area contributed by atoms with Gasteiger partial charge in [-0.3, -0.25) is 0 Å². The van der Waals surface area contributed by atoms with Crippen molar-refractivity contribution in [2.24, 2.45) is 0 Å². The molecule has 0 spiro atoms. The number of hydrogen-bond acceptors (Lipinski definition) is 3. The van der Waals surface area contributed by atoms with E-state index in [0.717, 1.165) is 42.6 Å². The van der Waals surface area contributed by atoms with Crippen LogP contribution in [-0.2, 0) is 4.74 Å². The predicted molar refractivity (Wildman–Crippen MR) is 89.9 cm³/mol. The number of rotatable bonds is 7. The third kappa shape index (κ3) is 3.99. The lowest BCUT2D eigenvalue weighted by molar-refractivity contribution is -0.0125. The highest BCUT2D eigenvalue weighted by molar-refractivity contribution is 9.10. The molecule has 1 N–H and O–H groups in total. The minimum absolute atomic E-state index is 0.123. The maximum atomic E-state index is 6.06. The molecule has 0 radical (unpaired) electrons. The topological polar surface area (TPSA) is 30.5 Å². The molecule has 1 aromatic rings. The lowest BCUT2D eigenvalue weighted by Crippen LogP contribution is -2.41. The third-order valence-corrected chi connectivity index (χ3v) is 4.67. The van der Waals surface area contributed by atoms with Crippen LogP contribution in [0, 0.1) is 0 Å². The SMILES string of the molecule is CCCNC(c1ccc(OCC)c(Br)c1)C1(C)CCCO1. The van der Waals surface area contributed by atoms with E-state index in [0.29, 0.717) is 6.61 Å². The highest BCUT2D eigenvalue weighted by Crippen LogP contribution is 2.39. The molecule has 1 saturated heterocycles. The van der Waals surface area contributed by atoms with Gasteiger partial charge >= 0.3 is 0 Å². The average Bonchev–Trinajstić information content (AvgIpc) is 2.90. The van der Waals surface area contributed by atoms with E-state index in [9.17, 15) is 0 Å². The molecular formula is C17H26BrNO2. The monoisotopic (exact) mass is 355 g/mol. The molecule has 2 unspecified atom stereocenters. The van der Waals surface area contributed by atoms with Crippen molar-refractivity contribution in [3.8, 4) is 5.75 Å². The van der Waals surface area contributed by atoms with Gasteiger partial charge in [0.1, 0.15) is 5.75 Å². The Kier molecular flexibility index (Phi) is 6.08. The summed E-state index contributed by atoms with van der Waals surface area (Å²) in [4.78, 5) is 0. The first-order valence-corrected chi connectivity index (χ1v) is 8.69. The second-order valence-corrected chi connectivity index (χ2v) is 6.63. The zero-order chi connectivity index (χ0) is 15.3. The Morgan fingerprint density at radius 2 is 2.24 bits per heavy atom. The van der Waals surface area contributed by atoms with Crippen molar-refractivity contribution in [2.45, 2.75) is 51.7 Å². The predicted octanol–water partition coefficient (Wildman–Crippen LogP) is 4.46. The minimum Gasteiger partial charge on any atom is -0.493 e. The first-order valence-electron chi connectivity index (χ1n) is 7.90. The van der Waals surface area contributed by atoms with Gasteiger partial charge in [-0.25, -0.2) is 0 Å². The Hall–Kier alpha value is -0.580. The van der Waals surface area contributed by atoms with Crippen molar-refractivity contribution in [2.75, 3.05) is 19.8 Å². The van der Waals surface area contributed by atoms with E-state index in [4.69, 9.17) is 9.47 Å². The number of ether oxygens (including phenoxy) is 2. The van der Waals surface area contributed by atoms with Crippen LogP contribution in [0.3, 0.4) is 0 Å². The molecule has 0 amide bonds. The molecule has 0 aliphatic carbocycles. The molecule has 0 saturated carbocycles. The number of benzene rings is 1. The molecule has 0 aromatic heterocycles. The molecule has 1 fully saturated rings. The Labute approximate surface area is 136 Å². The zero-order valence-electron chi connectivity index (χ0n) is 13.2. The fourth-order valence-corrected chi connectivity index (χ4v) is 3.48. The van der Waals surface area contributed by atoms with E-state index < -0.39 is 0 Å². The van der Waals surface area contributed by atoms with Crippen molar-refractivity contribution < 1.29 is 9.47 Å². The van der Waals surface area contributed by atoms with Gasteiger partial charge < -0.3 is 14.8 Å². The van der Waals surface area contributed by atoms with E-state index in [-0.39, 0.29) is 11.6 Å². The molecule has 118 valence electrons. The van der Waals surface area contributed by atoms with Crippen LogP contribution in [0.4, 0.5) is 0 Å². The van der Waals surface area contributed by atoms with Gasteiger partial charge in [-0.1, -0.05) is 13.0 Å². The molecule has 2 rings (SSSR count). The summed E-state index contributed by atoms with van der Waals surface area (Å²) in [7, 11) is 0. The van der Waals surface area contributed by atoms with Crippen LogP contribution in [0.15, 0.2) is 22.7 Å². The van der Waals surface area contributed by atoms with Crippen LogP contribution in [0.2, 0.25) is 0 Å². The van der Waals surface area contributed by atoms with Gasteiger partial charge in [-0.2, -0.15) is 0 Å². The smallest absolute Gasteiger partial charge is 0.133 e. The van der Waals surface area contributed by atoms with Crippen molar-refractivity contribution >= 4 is 15.9 Å². The Morgan fingerprint density at radius 3 is 2.81 bits per heavy atom. The fraction of sp³-hybridized carbons (Fsp3) is 0.647. The van der Waals surface area contributed by atoms with Crippen molar-refractivity contribution in [3.05, 3.63) is 28.2 Å². The average molecular weight is 356 g/mol. The maximum Gasteiger partial charge on any atom is 0.133 e. The fourth-order valence-electron chi connectivity index (χ4n) is 2.97. The van der Waals surface area contributed by atoms with E-state index in [1.165, 1.54) is 5.56 Å². The molecule has 1 aromatic carbocycles. The van der Waals surface area contributed by atoms with Gasteiger partial charge in [0.25, 0.3) is 0 Å². The molecule has 1 heterocycles. The lowest BCUT2D eigenvalue weighted by atomic mass is 9.87. The first kappa shape index (κ1) is 16.8. The van der Waals surface area contributed by atoms with Gasteiger partial charge in [0.2, 0.25) is 0 Å². The van der Waals surface area contributed by atoms with E-state index in [2.05, 4.69) is 47.2 Å². The van der Waals surface area contributed by atoms with Crippen LogP contribution in [-0.4, -0.2) is 25.4 Å². The van der Waals surface area contributed by atoms with Crippen molar-refractivity contribution in [3.63, 3.8) is 0 Å². The van der Waals surface area contributed by atoms with Crippen LogP contribution in [0.25, 0.3) is 0 Å². The minimum atomic E-state index is -0.123. The second kappa shape index (κ2) is 7.61. The maximum absolute atomic E-state index is 6.06. The van der Waals surface area contributed by atoms with Gasteiger partial charge in [0, 0.05) is 6.61 Å². The summed E-state index contributed by atoms with van der Waals surface area (Å²) >= 11 is 3.62. The third-order valence-electron chi connectivity index (χ3n) is 4.05. The quantitative estimate of drug-likeness (QED) is 0.783. The molecular weight excluding hydrogens is 330 g/mol. The molecule has 3 nitrogen and oxygen atoms in total. The van der Waals surface area contributed by atoms with Gasteiger partial charge in [0.05, 0.1) is 22.7 Å². The highest BCUT2D eigenvalue weighted by atomic mass is 79.9. The van der Waals surface area contributed by atoms with Gasteiger partial charge in [-0.05, 0) is 73.3 Å². The summed E-state index contributed by atoms with van der Waals surface area (Å²) in [5, 5.41) is 3.66. The summed E-state index contributed by atoms with van der Waals surface area (Å²) in [6.07, 6.45) is 3.35. The summed E-state index contributed by atoms with van der Waals surface area (Å²) < 4.78 is 12.7. The summed E-state index contributed by atoms with van der Waals surface area (Å²) in [5.41, 5.74) is 1.13. The van der Waals surface area contributed by atoms with Gasteiger partial charge in [0.15, 0.2) is 0 Å². The molecule has 0 bridgehead atoms. The van der Waals surface area contributed by atoms with E-state index in [1.54, 1.807) is 0 Å². The normalized spacial score (nSPS) is 23.2. The summed E-state index contributed by atoms with van der Waals surface area (Å²) in [6.45, 7) is 8.94. The summed E-state index contributed by atoms with van der Waals surface area (Å²) in [5.74, 6) is 0.896. The van der Waals surface area contributed by atoms with Crippen molar-refractivity contribution in [1.29, 1.82) is 0 Å². The Balaban J connectivity index is 2.25. The lowest BCUT2D eigenvalue weighted by Gasteiger charge is -2.34. The van der Waals surface area contributed by atoms with Crippen LogP contribution < -0.4 is 10.1 Å². The largest absolute Gasteiger partial charge is 0.493 e. The summed E-state index contributed by atoms with van der Waals surface area (Å²) in [6, 6.07) is 6.57. The number of nitrogens with one attached hydrogen (secondary N) is 1. The van der Waals surface area contributed by atoms with Crippen molar-refractivity contribution in [1.82, 2.24) is 5.32 Å². The molecule has 1 aliphatic heterocycles. The first-order chi connectivity index (χ1) is 10.1. The van der Waals surface area contributed by atoms with Crippen LogP contribution in [0.5, 0.6) is 5.75 Å². The Bertz CT molecular complexity index is 458. The molecule has 1 aliphatic rings. The Morgan fingerprint density at radius 1 is 1.43 bits per heavy atom. The van der Waals surface area contributed by atoms with E-state index >= 15 is 0 Å². The molecule has 21 heavy (non-hydrogen) atoms. The standard InChI is InChI=1S/C17H26BrNO2/c1-4-10-19-16(17(3)9-6-11-21-17)13-7-8-15(20-5-2)14(18)12-13/h7-8,12,16,19H,4-6,9-11H2,1-3H3. The molecule has 4 heteroatoms. The van der Waals surface area contributed by atoms with E-state index in [1.807, 2.05) is 13.0 Å². The van der Waals surface area contributed by atoms with Crippen LogP contribution >= 0.6 is 15.9 Å². The van der Waals surface area contributed by atoms with Gasteiger partial charge in [-0.15, -0.1) is 0 Å². The number of hydrogen-bond donors (Lipinski definition) is 1. The highest BCUT2D eigenvalue weighted by Gasteiger charge is 2.39. The molecule has 2 atom stereocenters. The number of halogens is 1.